The van der Waals surface area contributed by atoms with Gasteiger partial charge in [0.25, 0.3) is 5.91 Å². The van der Waals surface area contributed by atoms with Gasteiger partial charge in [0, 0.05) is 12.3 Å². The average Bonchev–Trinajstić information content (AvgIpc) is 3.06. The Bertz CT molecular complexity index is 1660. The van der Waals surface area contributed by atoms with Crippen LogP contribution in [-0.4, -0.2) is 66.7 Å². The van der Waals surface area contributed by atoms with E-state index in [2.05, 4.69) is 10.3 Å². The number of benzene rings is 2. The maximum absolute atomic E-state index is 13.6. The first kappa shape index (κ1) is 35.6. The lowest BCUT2D eigenvalue weighted by Crippen LogP contribution is -2.47. The van der Waals surface area contributed by atoms with Crippen LogP contribution in [0, 0.1) is 32.6 Å². The zero-order valence-corrected chi connectivity index (χ0v) is 28.0. The molecule has 1 fully saturated rings. The van der Waals surface area contributed by atoms with Crippen LogP contribution in [0.15, 0.2) is 54.7 Å². The van der Waals surface area contributed by atoms with Crippen molar-refractivity contribution >= 4 is 29.8 Å². The number of pyridine rings is 1. The minimum absolute atomic E-state index is 0.0431. The summed E-state index contributed by atoms with van der Waals surface area (Å²) in [6.45, 7) is 9.65. The number of aryl methyl sites for hydroxylation is 3. The number of rotatable bonds is 9. The second-order valence-electron chi connectivity index (χ2n) is 12.0. The predicted octanol–water partition coefficient (Wildman–Crippen LogP) is 4.25. The molecule has 1 N–H and O–H groups in total. The lowest BCUT2D eigenvalue weighted by molar-refractivity contribution is -0.176. The number of hydrogen-bond acceptors (Lipinski definition) is 11. The number of nitrogens with zero attached hydrogens (tertiary/aromatic N) is 1. The highest BCUT2D eigenvalue weighted by molar-refractivity contribution is 6.01. The number of methoxy groups -OCH3 is 1. The highest BCUT2D eigenvalue weighted by Gasteiger charge is 2.42. The zero-order valence-electron chi connectivity index (χ0n) is 28.0. The number of cyclic esters (lactones) is 2. The zero-order chi connectivity index (χ0) is 35.1. The van der Waals surface area contributed by atoms with E-state index in [0.717, 1.165) is 11.1 Å². The van der Waals surface area contributed by atoms with Crippen molar-refractivity contribution in [3.63, 3.8) is 0 Å². The van der Waals surface area contributed by atoms with Crippen molar-refractivity contribution in [1.82, 2.24) is 10.3 Å². The van der Waals surface area contributed by atoms with Gasteiger partial charge in [-0.25, -0.2) is 14.6 Å². The largest absolute Gasteiger partial charge is 0.493 e. The number of esters is 4. The lowest BCUT2D eigenvalue weighted by atomic mass is 9.91. The standard InChI is InChI=1S/C36H40N2O10/c1-19(2)33(40)47-30-23(6)46-35(42)26(18-45-34(41)25(30)17-24-11-9-8-10-12-24)38-32(39)29-31(27(44-7)13-14-37-29)48-36(43)28-21(4)15-20(3)16-22(28)5/h8-16,19,23,25-26,30H,17-18H2,1-7H3,(H,38,39)/t23-,25+,26?,30?/m0/s1. The fourth-order valence-corrected chi connectivity index (χ4v) is 5.47. The molecule has 1 aliphatic rings. The SMILES string of the molecule is COc1ccnc(C(=O)NC2COC(=O)[C@H](Cc3ccccc3)C(OC(=O)C(C)C)[C@H](C)OC2=O)c1OC(=O)c1c(C)cc(C)cc1C. The minimum atomic E-state index is -1.49. The maximum Gasteiger partial charge on any atom is 0.344 e. The maximum atomic E-state index is 13.6. The third-order valence-corrected chi connectivity index (χ3v) is 7.85. The van der Waals surface area contributed by atoms with Gasteiger partial charge in [-0.3, -0.25) is 14.4 Å². The van der Waals surface area contributed by atoms with Gasteiger partial charge in [-0.15, -0.1) is 0 Å². The molecule has 1 aliphatic heterocycles. The third-order valence-electron chi connectivity index (χ3n) is 7.85. The molecule has 0 radical (unpaired) electrons. The molecule has 0 bridgehead atoms. The number of aromatic nitrogens is 1. The Hall–Kier alpha value is -5.26. The first-order valence-electron chi connectivity index (χ1n) is 15.6. The van der Waals surface area contributed by atoms with Crippen LogP contribution in [-0.2, 0) is 35.0 Å². The molecular weight excluding hydrogens is 620 g/mol. The summed E-state index contributed by atoms with van der Waals surface area (Å²) < 4.78 is 28.0. The molecule has 1 saturated heterocycles. The lowest BCUT2D eigenvalue weighted by Gasteiger charge is -2.29. The minimum Gasteiger partial charge on any atom is -0.493 e. The van der Waals surface area contributed by atoms with Gasteiger partial charge < -0.3 is 29.0 Å². The average molecular weight is 661 g/mol. The van der Waals surface area contributed by atoms with Crippen LogP contribution in [0.2, 0.25) is 0 Å². The molecule has 4 atom stereocenters. The van der Waals surface area contributed by atoms with Crippen LogP contribution < -0.4 is 14.8 Å². The van der Waals surface area contributed by atoms with E-state index >= 15 is 0 Å². The Morgan fingerprint density at radius 1 is 1.00 bits per heavy atom. The molecule has 48 heavy (non-hydrogen) atoms. The summed E-state index contributed by atoms with van der Waals surface area (Å²) in [6, 6.07) is 12.7. The van der Waals surface area contributed by atoms with Crippen molar-refractivity contribution in [3.05, 3.63) is 88.2 Å². The molecule has 0 saturated carbocycles. The first-order valence-corrected chi connectivity index (χ1v) is 15.6. The third kappa shape index (κ3) is 8.36. The van der Waals surface area contributed by atoms with E-state index in [1.165, 1.54) is 26.3 Å². The second kappa shape index (κ2) is 15.6. The normalized spacial score (nSPS) is 19.6. The topological polar surface area (TPSA) is 156 Å². The van der Waals surface area contributed by atoms with Crippen LogP contribution in [0.4, 0.5) is 0 Å². The summed E-state index contributed by atoms with van der Waals surface area (Å²) in [5, 5.41) is 2.49. The summed E-state index contributed by atoms with van der Waals surface area (Å²) in [6.07, 6.45) is -0.854. The number of amides is 1. The van der Waals surface area contributed by atoms with Crippen LogP contribution >= 0.6 is 0 Å². The number of nitrogens with one attached hydrogen (secondary N) is 1. The number of carbonyl (C=O) groups excluding carboxylic acids is 5. The fourth-order valence-electron chi connectivity index (χ4n) is 5.47. The summed E-state index contributed by atoms with van der Waals surface area (Å²) in [7, 11) is 1.33. The molecular formula is C36H40N2O10. The van der Waals surface area contributed by atoms with Crippen LogP contribution in [0.3, 0.4) is 0 Å². The van der Waals surface area contributed by atoms with Crippen molar-refractivity contribution in [1.29, 1.82) is 0 Å². The van der Waals surface area contributed by atoms with E-state index in [0.29, 0.717) is 16.7 Å². The van der Waals surface area contributed by atoms with Crippen LogP contribution in [0.1, 0.15) is 63.9 Å². The molecule has 12 heteroatoms. The predicted molar refractivity (Wildman–Crippen MR) is 173 cm³/mol. The van der Waals surface area contributed by atoms with Gasteiger partial charge in [0.2, 0.25) is 5.75 Å². The molecule has 0 spiro atoms. The molecule has 2 heterocycles. The van der Waals surface area contributed by atoms with Gasteiger partial charge >= 0.3 is 23.9 Å². The monoisotopic (exact) mass is 660 g/mol. The number of hydrogen-bond donors (Lipinski definition) is 1. The van der Waals surface area contributed by atoms with E-state index in [4.69, 9.17) is 23.7 Å². The Morgan fingerprint density at radius 2 is 1.67 bits per heavy atom. The molecule has 4 rings (SSSR count). The molecule has 1 aromatic heterocycles. The van der Waals surface area contributed by atoms with Crippen LogP contribution in [0.25, 0.3) is 0 Å². The Balaban J connectivity index is 1.61. The molecule has 2 aromatic carbocycles. The summed E-state index contributed by atoms with van der Waals surface area (Å²) in [5.41, 5.74) is 3.06. The highest BCUT2D eigenvalue weighted by atomic mass is 16.6. The van der Waals surface area contributed by atoms with Gasteiger partial charge in [0.15, 0.2) is 23.6 Å². The molecule has 12 nitrogen and oxygen atoms in total. The number of carbonyl (C=O) groups is 5. The quantitative estimate of drug-likeness (QED) is 0.259. The smallest absolute Gasteiger partial charge is 0.344 e. The molecule has 254 valence electrons. The van der Waals surface area contributed by atoms with E-state index < -0.39 is 66.5 Å². The van der Waals surface area contributed by atoms with E-state index in [-0.39, 0.29) is 23.6 Å². The van der Waals surface area contributed by atoms with Gasteiger partial charge in [-0.2, -0.15) is 0 Å². The summed E-state index contributed by atoms with van der Waals surface area (Å²) >= 11 is 0. The summed E-state index contributed by atoms with van der Waals surface area (Å²) in [4.78, 5) is 70.7. The van der Waals surface area contributed by atoms with Crippen molar-refractivity contribution in [2.75, 3.05) is 13.7 Å². The van der Waals surface area contributed by atoms with Crippen molar-refractivity contribution < 1.29 is 47.7 Å². The first-order chi connectivity index (χ1) is 22.8. The molecule has 3 aromatic rings. The van der Waals surface area contributed by atoms with E-state index in [1.807, 2.05) is 37.3 Å². The Morgan fingerprint density at radius 3 is 2.29 bits per heavy atom. The van der Waals surface area contributed by atoms with Crippen LogP contribution in [0.5, 0.6) is 11.5 Å². The van der Waals surface area contributed by atoms with Crippen molar-refractivity contribution in [2.45, 2.75) is 66.2 Å². The van der Waals surface area contributed by atoms with Gasteiger partial charge in [-0.05, 0) is 50.8 Å². The van der Waals surface area contributed by atoms with E-state index in [1.54, 1.807) is 39.8 Å². The van der Waals surface area contributed by atoms with Crippen molar-refractivity contribution in [3.8, 4) is 11.5 Å². The Labute approximate surface area is 279 Å². The van der Waals surface area contributed by atoms with Gasteiger partial charge in [0.1, 0.15) is 18.6 Å². The highest BCUT2D eigenvalue weighted by Crippen LogP contribution is 2.32. The fraction of sp³-hybridized carbons (Fsp3) is 0.389. The molecule has 1 amide bonds. The molecule has 0 aliphatic carbocycles. The van der Waals surface area contributed by atoms with Gasteiger partial charge in [-0.1, -0.05) is 61.9 Å². The van der Waals surface area contributed by atoms with E-state index in [9.17, 15) is 24.0 Å². The van der Waals surface area contributed by atoms with Crippen molar-refractivity contribution in [2.24, 2.45) is 11.8 Å². The molecule has 2 unspecified atom stereocenters. The number of ether oxygens (including phenoxy) is 5. The van der Waals surface area contributed by atoms with Gasteiger partial charge in [0.05, 0.1) is 18.6 Å². The summed E-state index contributed by atoms with van der Waals surface area (Å²) in [5.74, 6) is -5.70. The Kier molecular flexibility index (Phi) is 11.5. The second-order valence-corrected chi connectivity index (χ2v) is 12.0.